The van der Waals surface area contributed by atoms with Crippen molar-refractivity contribution in [1.82, 2.24) is 14.1 Å². The molecule has 306 valence electrons. The number of fused-ring (bicyclic) bond motifs is 5. The number of ether oxygens (including phenoxy) is 1. The fourth-order valence-electron chi connectivity index (χ4n) is 8.05. The predicted molar refractivity (Wildman–Crippen MR) is 250 cm³/mol. The first-order valence-corrected chi connectivity index (χ1v) is 20.0. The van der Waals surface area contributed by atoms with Gasteiger partial charge in [-0.05, 0) is 69.9 Å². The van der Waals surface area contributed by atoms with E-state index in [1.807, 2.05) is 129 Å². The third-order valence-electron chi connectivity index (χ3n) is 11.0. The van der Waals surface area contributed by atoms with Crippen molar-refractivity contribution in [2.24, 2.45) is 6.98 Å². The minimum absolute atomic E-state index is 0. The number of nitrogens with zero attached hydrogens (tertiary/aromatic N) is 5. The van der Waals surface area contributed by atoms with E-state index in [9.17, 15) is 2.74 Å². The number of imidazole rings is 1. The molecule has 0 saturated carbocycles. The van der Waals surface area contributed by atoms with Crippen molar-refractivity contribution < 1.29 is 38.1 Å². The molecule has 6 nitrogen and oxygen atoms in total. The topological polar surface area (TPSA) is 38.5 Å². The Morgan fingerprint density at radius 2 is 1.29 bits per heavy atom. The van der Waals surface area contributed by atoms with Crippen LogP contribution in [0.15, 0.2) is 176 Å². The third kappa shape index (κ3) is 6.67. The average molecular weight is 993 g/mol. The smallest absolute Gasteiger partial charge is 0.213 e. The summed E-state index contributed by atoms with van der Waals surface area (Å²) in [7, 11) is 0. The van der Waals surface area contributed by atoms with E-state index in [-0.39, 0.29) is 73.4 Å². The molecule has 0 saturated heterocycles. The Balaban J connectivity index is 0.00000582. The van der Waals surface area contributed by atoms with Gasteiger partial charge in [-0.25, -0.2) is 4.98 Å². The van der Waals surface area contributed by atoms with Gasteiger partial charge in [-0.15, -0.1) is 48.1 Å². The molecular weight excluding hydrogens is 942 g/mol. The Morgan fingerprint density at radius 3 is 2.00 bits per heavy atom. The zero-order valence-electron chi connectivity index (χ0n) is 42.8. The number of hydrogen-bond donors (Lipinski definition) is 0. The van der Waals surface area contributed by atoms with E-state index >= 15 is 0 Å². The molecular formula is C55H42N5OPt-3. The normalized spacial score (nSPS) is 14.9. The molecule has 0 fully saturated rings. The van der Waals surface area contributed by atoms with Gasteiger partial charge in [-0.3, -0.25) is 0 Å². The molecule has 0 amide bonds. The average Bonchev–Trinajstić information content (AvgIpc) is 4.03. The van der Waals surface area contributed by atoms with Gasteiger partial charge in [0.1, 0.15) is 0 Å². The maximum Gasteiger partial charge on any atom is 0.213 e. The summed E-state index contributed by atoms with van der Waals surface area (Å²) in [5, 5.41) is 0.579. The molecule has 2 aromatic heterocycles. The van der Waals surface area contributed by atoms with E-state index in [0.717, 1.165) is 27.1 Å². The fourth-order valence-corrected chi connectivity index (χ4v) is 8.05. The number of hydrogen-bond acceptors (Lipinski definition) is 4. The van der Waals surface area contributed by atoms with Crippen LogP contribution in [0.2, 0.25) is 0 Å². The van der Waals surface area contributed by atoms with Gasteiger partial charge in [0.15, 0.2) is 0 Å². The first-order chi connectivity index (χ1) is 33.5. The van der Waals surface area contributed by atoms with Gasteiger partial charge < -0.3 is 23.7 Å². The fraction of sp³-hybridized carbons (Fsp3) is 0.0909. The van der Waals surface area contributed by atoms with Crippen molar-refractivity contribution in [1.29, 1.82) is 0 Å². The molecule has 0 spiro atoms. The van der Waals surface area contributed by atoms with Gasteiger partial charge in [-0.2, -0.15) is 12.1 Å². The molecule has 0 bridgehead atoms. The standard InChI is InChI=1S/C55H42N5O.Pt/c1-55(2,3)39-32-45(37-18-7-5-8-19-37)53(46(33-39)38-20-9-6-10-21-38)59-36-58(50-28-15-16-29-51(50)59)40-22-17-23-41(34-40)61-42-30-31-44-43-24-11-13-26-48(43)60(52(44)35-42)54-56-47-25-12-14-27-49(47)57(54)4;/h5-33,36H,1-4H3;/q-3;/i4D3,11D,13D,24D,26D,32D,33D;. The Labute approximate surface area is 389 Å². The molecule has 10 aromatic rings. The Kier molecular flexibility index (Phi) is 7.57. The summed E-state index contributed by atoms with van der Waals surface area (Å²) in [4.78, 5) is 8.79. The summed E-state index contributed by atoms with van der Waals surface area (Å²) in [5.41, 5.74) is 7.14. The summed E-state index contributed by atoms with van der Waals surface area (Å²) < 4.78 is 89.7. The molecule has 0 N–H and O–H groups in total. The molecule has 0 atom stereocenters. The van der Waals surface area contributed by atoms with Gasteiger partial charge in [0, 0.05) is 77.4 Å². The molecule has 8 aromatic carbocycles. The Morgan fingerprint density at radius 1 is 0.645 bits per heavy atom. The maximum atomic E-state index is 9.86. The molecule has 62 heavy (non-hydrogen) atoms. The monoisotopic (exact) mass is 992 g/mol. The van der Waals surface area contributed by atoms with Gasteiger partial charge in [0.2, 0.25) is 5.95 Å². The van der Waals surface area contributed by atoms with Crippen LogP contribution in [0.1, 0.15) is 38.7 Å². The number of rotatable bonds is 7. The SMILES string of the molecule is [2H]c1c(-c2ccccc2)c(N2[CH-]N(c3[c-]c(Oc4[c-]c5c(cc4)c4c([2H])c([2H])c([2H])c([2H])c4n5-c4nc5ccccc5n4C([2H])([2H])[2H])ccc3)c3ccccc32)c(-c2ccccc2)c([2H])c1C(C)(C)C.[Pt]. The summed E-state index contributed by atoms with van der Waals surface area (Å²) in [6.45, 7) is 5.36. The zero-order chi connectivity index (χ0) is 49.0. The van der Waals surface area contributed by atoms with E-state index in [2.05, 4.69) is 17.0 Å². The van der Waals surface area contributed by atoms with Crippen LogP contribution in [0.4, 0.5) is 22.7 Å². The first kappa shape index (κ1) is 30.2. The van der Waals surface area contributed by atoms with Gasteiger partial charge in [0.25, 0.3) is 0 Å². The Bertz CT molecular complexity index is 3670. The van der Waals surface area contributed by atoms with Crippen LogP contribution in [-0.2, 0) is 33.5 Å². The summed E-state index contributed by atoms with van der Waals surface area (Å²) in [6.07, 6.45) is 0. The second-order valence-corrected chi connectivity index (χ2v) is 15.9. The van der Waals surface area contributed by atoms with Gasteiger partial charge >= 0.3 is 0 Å². The third-order valence-corrected chi connectivity index (χ3v) is 11.0. The minimum Gasteiger partial charge on any atom is -0.509 e. The van der Waals surface area contributed by atoms with E-state index in [1.54, 1.807) is 42.5 Å². The molecule has 3 heterocycles. The maximum absolute atomic E-state index is 9.86. The largest absolute Gasteiger partial charge is 0.509 e. The number of para-hydroxylation sites is 5. The van der Waals surface area contributed by atoms with Gasteiger partial charge in [0.05, 0.1) is 19.3 Å². The molecule has 0 radical (unpaired) electrons. The van der Waals surface area contributed by atoms with Gasteiger partial charge in [-0.1, -0.05) is 129 Å². The first-order valence-electron chi connectivity index (χ1n) is 24.5. The number of benzene rings is 8. The van der Waals surface area contributed by atoms with Crippen molar-refractivity contribution >= 4 is 55.6 Å². The molecule has 1 aliphatic heterocycles. The van der Waals surface area contributed by atoms with Crippen molar-refractivity contribution in [3.05, 3.63) is 200 Å². The van der Waals surface area contributed by atoms with Crippen molar-refractivity contribution in [2.45, 2.75) is 26.2 Å². The number of aromatic nitrogens is 3. The van der Waals surface area contributed by atoms with Crippen LogP contribution in [-0.4, -0.2) is 14.1 Å². The summed E-state index contributed by atoms with van der Waals surface area (Å²) in [6, 6.07) is 49.0. The summed E-state index contributed by atoms with van der Waals surface area (Å²) >= 11 is 0. The molecule has 11 rings (SSSR count). The van der Waals surface area contributed by atoms with Crippen molar-refractivity contribution in [3.8, 4) is 39.7 Å². The van der Waals surface area contributed by atoms with Crippen molar-refractivity contribution in [2.75, 3.05) is 9.80 Å². The molecule has 0 aliphatic carbocycles. The van der Waals surface area contributed by atoms with Crippen molar-refractivity contribution in [3.63, 3.8) is 0 Å². The van der Waals surface area contributed by atoms with E-state index < -0.39 is 24.5 Å². The van der Waals surface area contributed by atoms with E-state index in [4.69, 9.17) is 19.3 Å². The van der Waals surface area contributed by atoms with Crippen LogP contribution in [0.5, 0.6) is 11.5 Å². The van der Waals surface area contributed by atoms with Crippen LogP contribution in [0.25, 0.3) is 61.0 Å². The molecule has 1 aliphatic rings. The quantitative estimate of drug-likeness (QED) is 0.149. The van der Waals surface area contributed by atoms with E-state index in [1.165, 1.54) is 4.57 Å². The minimum atomic E-state index is -2.72. The van der Waals surface area contributed by atoms with Crippen LogP contribution in [0.3, 0.4) is 0 Å². The van der Waals surface area contributed by atoms with Crippen LogP contribution in [0, 0.1) is 18.8 Å². The van der Waals surface area contributed by atoms with E-state index in [0.29, 0.717) is 50.2 Å². The number of anilines is 4. The second-order valence-electron chi connectivity index (χ2n) is 15.9. The molecule has 0 unspecified atom stereocenters. The zero-order valence-corrected chi connectivity index (χ0v) is 36.1. The van der Waals surface area contributed by atoms with Crippen LogP contribution < -0.4 is 14.5 Å². The number of aryl methyl sites for hydroxylation is 1. The Hall–Kier alpha value is -6.88. The predicted octanol–water partition coefficient (Wildman–Crippen LogP) is 14.1. The van der Waals surface area contributed by atoms with Crippen LogP contribution >= 0.6 is 0 Å². The molecule has 7 heteroatoms. The summed E-state index contributed by atoms with van der Waals surface area (Å²) in [5.74, 6) is 0.439. The second kappa shape index (κ2) is 15.5.